The van der Waals surface area contributed by atoms with Crippen molar-refractivity contribution in [3.63, 3.8) is 0 Å². The quantitative estimate of drug-likeness (QED) is 0.791. The van der Waals surface area contributed by atoms with Gasteiger partial charge in [0.15, 0.2) is 0 Å². The summed E-state index contributed by atoms with van der Waals surface area (Å²) in [5.41, 5.74) is 0.422. The molecule has 0 spiro atoms. The summed E-state index contributed by atoms with van der Waals surface area (Å²) in [6, 6.07) is 2.37. The Kier molecular flexibility index (Phi) is 5.20. The molecule has 2 N–H and O–H groups in total. The highest BCUT2D eigenvalue weighted by Gasteiger charge is 2.42. The van der Waals surface area contributed by atoms with Gasteiger partial charge in [-0.3, -0.25) is 0 Å². The average molecular weight is 353 g/mol. The van der Waals surface area contributed by atoms with Crippen LogP contribution in [0.3, 0.4) is 0 Å². The number of hydrogen-bond donors (Lipinski definition) is 2. The van der Waals surface area contributed by atoms with Crippen LogP contribution in [0.5, 0.6) is 0 Å². The summed E-state index contributed by atoms with van der Waals surface area (Å²) in [5.74, 6) is -0.726. The number of rotatable bonds is 7. The van der Waals surface area contributed by atoms with Crippen LogP contribution in [0.15, 0.2) is 17.0 Å². The van der Waals surface area contributed by atoms with Crippen LogP contribution in [0.25, 0.3) is 0 Å². The Bertz CT molecular complexity index is 633. The number of nitrogens with one attached hydrogen (secondary N) is 2. The zero-order valence-electron chi connectivity index (χ0n) is 11.9. The maximum Gasteiger partial charge on any atom is 0.240 e. The number of benzene rings is 1. The molecule has 2 rings (SSSR count). The lowest BCUT2D eigenvalue weighted by molar-refractivity contribution is 0.575. The summed E-state index contributed by atoms with van der Waals surface area (Å²) in [5, 5.41) is 2.79. The molecule has 8 heteroatoms. The van der Waals surface area contributed by atoms with E-state index in [-0.39, 0.29) is 14.7 Å². The smallest absolute Gasteiger partial charge is 0.240 e. The molecule has 0 heterocycles. The summed E-state index contributed by atoms with van der Waals surface area (Å²) in [6.07, 6.45) is 3.96. The standard InChI is InChI=1S/C13H18ClFN2O2S2/c1-16-7-9-5-10(6-11(15)12(9)14)21(18,19)17-8-13(20-2)3-4-13/h5-6,16-17H,3-4,7-8H2,1-2H3. The molecular formula is C13H18ClFN2O2S2. The molecule has 0 radical (unpaired) electrons. The van der Waals surface area contributed by atoms with Crippen molar-refractivity contribution in [3.8, 4) is 0 Å². The summed E-state index contributed by atoms with van der Waals surface area (Å²) in [6.45, 7) is 0.663. The highest BCUT2D eigenvalue weighted by Crippen LogP contribution is 2.46. The maximum atomic E-state index is 13.8. The van der Waals surface area contributed by atoms with Gasteiger partial charge < -0.3 is 5.32 Å². The average Bonchev–Trinajstić information content (AvgIpc) is 3.22. The molecule has 0 aromatic heterocycles. The number of halogens is 2. The fourth-order valence-corrected chi connectivity index (χ4v) is 4.18. The Morgan fingerprint density at radius 2 is 2.10 bits per heavy atom. The van der Waals surface area contributed by atoms with Gasteiger partial charge in [-0.15, -0.1) is 0 Å². The topological polar surface area (TPSA) is 58.2 Å². The molecule has 1 aliphatic carbocycles. The van der Waals surface area contributed by atoms with Gasteiger partial charge in [-0.1, -0.05) is 11.6 Å². The predicted molar refractivity (Wildman–Crippen MR) is 84.8 cm³/mol. The predicted octanol–water partition coefficient (Wildman–Crippen LogP) is 2.37. The van der Waals surface area contributed by atoms with Crippen LogP contribution in [-0.4, -0.2) is 33.0 Å². The summed E-state index contributed by atoms with van der Waals surface area (Å²) >= 11 is 7.50. The van der Waals surface area contributed by atoms with Gasteiger partial charge >= 0.3 is 0 Å². The first-order valence-corrected chi connectivity index (χ1v) is 9.59. The van der Waals surface area contributed by atoms with E-state index in [1.165, 1.54) is 6.07 Å². The Balaban J connectivity index is 2.23. The Hall–Kier alpha value is -0.340. The van der Waals surface area contributed by atoms with Crippen molar-refractivity contribution in [1.29, 1.82) is 0 Å². The van der Waals surface area contributed by atoms with Crippen LogP contribution in [0.1, 0.15) is 18.4 Å². The second kappa shape index (κ2) is 6.42. The lowest BCUT2D eigenvalue weighted by Crippen LogP contribution is -2.32. The van der Waals surface area contributed by atoms with E-state index in [0.29, 0.717) is 18.7 Å². The third-order valence-electron chi connectivity index (χ3n) is 3.58. The molecule has 0 aliphatic heterocycles. The SMILES string of the molecule is CNCc1cc(S(=O)(=O)NCC2(SC)CC2)cc(F)c1Cl. The van der Waals surface area contributed by atoms with Crippen molar-refractivity contribution in [1.82, 2.24) is 10.0 Å². The number of sulfonamides is 1. The summed E-state index contributed by atoms with van der Waals surface area (Å²) in [7, 11) is -2.05. The molecule has 118 valence electrons. The van der Waals surface area contributed by atoms with Gasteiger partial charge in [-0.05, 0) is 43.8 Å². The fourth-order valence-electron chi connectivity index (χ4n) is 1.99. The van der Waals surface area contributed by atoms with Crippen molar-refractivity contribution in [2.45, 2.75) is 29.0 Å². The molecule has 0 bridgehead atoms. The van der Waals surface area contributed by atoms with Crippen LogP contribution < -0.4 is 10.0 Å². The molecule has 4 nitrogen and oxygen atoms in total. The zero-order valence-corrected chi connectivity index (χ0v) is 14.3. The van der Waals surface area contributed by atoms with Gasteiger partial charge in [0.1, 0.15) is 5.82 Å². The number of thioether (sulfide) groups is 1. The van der Waals surface area contributed by atoms with Crippen LogP contribution in [0, 0.1) is 5.82 Å². The van der Waals surface area contributed by atoms with Crippen molar-refractivity contribution < 1.29 is 12.8 Å². The molecule has 0 atom stereocenters. The second-order valence-electron chi connectivity index (χ2n) is 5.12. The van der Waals surface area contributed by atoms with Crippen molar-refractivity contribution in [2.75, 3.05) is 19.8 Å². The first-order valence-electron chi connectivity index (χ1n) is 6.51. The zero-order chi connectivity index (χ0) is 15.7. The fraction of sp³-hybridized carbons (Fsp3) is 0.538. The molecule has 0 unspecified atom stereocenters. The lowest BCUT2D eigenvalue weighted by Gasteiger charge is -2.14. The van der Waals surface area contributed by atoms with Gasteiger partial charge in [-0.25, -0.2) is 17.5 Å². The van der Waals surface area contributed by atoms with E-state index in [9.17, 15) is 12.8 Å². The normalized spacial score (nSPS) is 17.0. The third kappa shape index (κ3) is 3.90. The monoisotopic (exact) mass is 352 g/mol. The van der Waals surface area contributed by atoms with E-state index in [4.69, 9.17) is 11.6 Å². The van der Waals surface area contributed by atoms with E-state index in [1.54, 1.807) is 18.8 Å². The minimum atomic E-state index is -3.73. The Morgan fingerprint density at radius 3 is 2.62 bits per heavy atom. The van der Waals surface area contributed by atoms with E-state index in [1.807, 2.05) is 6.26 Å². The summed E-state index contributed by atoms with van der Waals surface area (Å²) < 4.78 is 40.9. The largest absolute Gasteiger partial charge is 0.316 e. The van der Waals surface area contributed by atoms with Gasteiger partial charge in [-0.2, -0.15) is 11.8 Å². The molecule has 1 aromatic carbocycles. The molecule has 1 aromatic rings. The van der Waals surface area contributed by atoms with E-state index < -0.39 is 15.8 Å². The maximum absolute atomic E-state index is 13.8. The highest BCUT2D eigenvalue weighted by atomic mass is 35.5. The van der Waals surface area contributed by atoms with Crippen molar-refractivity contribution in [3.05, 3.63) is 28.5 Å². The van der Waals surface area contributed by atoms with Crippen LogP contribution in [0.2, 0.25) is 5.02 Å². The van der Waals surface area contributed by atoms with E-state index in [2.05, 4.69) is 10.0 Å². The van der Waals surface area contributed by atoms with Crippen LogP contribution >= 0.6 is 23.4 Å². The minimum Gasteiger partial charge on any atom is -0.316 e. The minimum absolute atomic E-state index is 0.00580. The highest BCUT2D eigenvalue weighted by molar-refractivity contribution is 8.00. The van der Waals surface area contributed by atoms with Gasteiger partial charge in [0.2, 0.25) is 10.0 Å². The van der Waals surface area contributed by atoms with Crippen molar-refractivity contribution in [2.24, 2.45) is 0 Å². The first kappa shape index (κ1) is 17.0. The van der Waals surface area contributed by atoms with Crippen LogP contribution in [-0.2, 0) is 16.6 Å². The second-order valence-corrected chi connectivity index (χ2v) is 8.54. The van der Waals surface area contributed by atoms with E-state index >= 15 is 0 Å². The van der Waals surface area contributed by atoms with Gasteiger partial charge in [0.05, 0.1) is 9.92 Å². The Morgan fingerprint density at radius 1 is 1.43 bits per heavy atom. The first-order chi connectivity index (χ1) is 9.83. The molecule has 1 aliphatic rings. The van der Waals surface area contributed by atoms with Gasteiger partial charge in [0.25, 0.3) is 0 Å². The molecular weight excluding hydrogens is 335 g/mol. The van der Waals surface area contributed by atoms with Crippen molar-refractivity contribution >= 4 is 33.4 Å². The molecule has 0 amide bonds. The van der Waals surface area contributed by atoms with Crippen LogP contribution in [0.4, 0.5) is 4.39 Å². The third-order valence-corrected chi connectivity index (χ3v) is 6.80. The Labute approximate surface area is 133 Å². The number of hydrogen-bond acceptors (Lipinski definition) is 4. The lowest BCUT2D eigenvalue weighted by atomic mass is 10.2. The van der Waals surface area contributed by atoms with E-state index in [0.717, 1.165) is 18.9 Å². The van der Waals surface area contributed by atoms with Gasteiger partial charge in [0, 0.05) is 17.8 Å². The molecule has 1 saturated carbocycles. The summed E-state index contributed by atoms with van der Waals surface area (Å²) in [4.78, 5) is -0.0912. The molecule has 1 fully saturated rings. The molecule has 0 saturated heterocycles. The molecule has 21 heavy (non-hydrogen) atoms.